The van der Waals surface area contributed by atoms with Gasteiger partial charge in [0.05, 0.1) is 24.5 Å². The quantitative estimate of drug-likeness (QED) is 0.722. The number of carbonyl (C=O) groups is 2. The highest BCUT2D eigenvalue weighted by molar-refractivity contribution is 5.93. The average Bonchev–Trinajstić information content (AvgIpc) is 3.41. The third kappa shape index (κ3) is 2.85. The molecule has 158 valence electrons. The normalized spacial score (nSPS) is 30.6. The first kappa shape index (κ1) is 18.8. The van der Waals surface area contributed by atoms with Crippen LogP contribution in [0.15, 0.2) is 54.7 Å². The van der Waals surface area contributed by atoms with E-state index in [0.717, 1.165) is 23.2 Å². The fraction of sp³-hybridized carbons (Fsp3) is 0.400. The second kappa shape index (κ2) is 6.76. The summed E-state index contributed by atoms with van der Waals surface area (Å²) in [6.45, 7) is 4.29. The van der Waals surface area contributed by atoms with E-state index in [-0.39, 0.29) is 17.9 Å². The number of nitrogens with zero attached hydrogens (tertiary/aromatic N) is 3. The molecule has 1 aromatic carbocycles. The molecule has 2 aromatic rings. The lowest BCUT2D eigenvalue weighted by molar-refractivity contribution is -0.144. The van der Waals surface area contributed by atoms with Gasteiger partial charge >= 0.3 is 0 Å². The largest absolute Gasteiger partial charge is 0.360 e. The van der Waals surface area contributed by atoms with E-state index in [1.165, 1.54) is 5.56 Å². The van der Waals surface area contributed by atoms with Crippen molar-refractivity contribution in [3.8, 4) is 0 Å². The van der Waals surface area contributed by atoms with E-state index in [2.05, 4.69) is 24.0 Å². The molecule has 2 unspecified atom stereocenters. The van der Waals surface area contributed by atoms with Crippen LogP contribution in [0.25, 0.3) is 0 Å². The van der Waals surface area contributed by atoms with Crippen molar-refractivity contribution in [1.29, 1.82) is 0 Å². The van der Waals surface area contributed by atoms with Gasteiger partial charge in [-0.25, -0.2) is 0 Å². The van der Waals surface area contributed by atoms with Crippen LogP contribution in [0.3, 0.4) is 0 Å². The van der Waals surface area contributed by atoms with Gasteiger partial charge in [-0.2, -0.15) is 0 Å². The number of ether oxygens (including phenoxy) is 1. The Morgan fingerprint density at radius 3 is 3.06 bits per heavy atom. The first-order valence-electron chi connectivity index (χ1n) is 11.0. The highest BCUT2D eigenvalue weighted by Gasteiger charge is 2.67. The molecule has 6 heteroatoms. The molecule has 2 amide bonds. The topological polar surface area (TPSA) is 62.7 Å². The minimum Gasteiger partial charge on any atom is -0.360 e. The summed E-state index contributed by atoms with van der Waals surface area (Å²) in [6.07, 6.45) is 6.25. The molecule has 4 atom stereocenters. The summed E-state index contributed by atoms with van der Waals surface area (Å²) in [5, 5.41) is 0. The highest BCUT2D eigenvalue weighted by atomic mass is 16.5. The molecule has 0 radical (unpaired) electrons. The van der Waals surface area contributed by atoms with Gasteiger partial charge in [0.2, 0.25) is 11.8 Å². The van der Waals surface area contributed by atoms with Gasteiger partial charge in [0.15, 0.2) is 0 Å². The lowest BCUT2D eigenvalue weighted by Gasteiger charge is -2.33. The highest BCUT2D eigenvalue weighted by Crippen LogP contribution is 2.52. The Hall–Kier alpha value is -2.99. The zero-order valence-electron chi connectivity index (χ0n) is 17.5. The number of aromatic nitrogens is 1. The number of benzene rings is 1. The molecule has 0 N–H and O–H groups in total. The zero-order valence-corrected chi connectivity index (χ0v) is 17.5. The molecule has 4 aliphatic heterocycles. The summed E-state index contributed by atoms with van der Waals surface area (Å²) in [7, 11) is 0. The first-order valence-corrected chi connectivity index (χ1v) is 11.0. The van der Waals surface area contributed by atoms with Crippen LogP contribution in [0.1, 0.15) is 22.4 Å². The number of hydrogen-bond acceptors (Lipinski definition) is 4. The Kier molecular flexibility index (Phi) is 4.09. The molecule has 0 aliphatic carbocycles. The Morgan fingerprint density at radius 2 is 2.19 bits per heavy atom. The molecule has 2 fully saturated rings. The van der Waals surface area contributed by atoms with E-state index < -0.39 is 17.4 Å². The van der Waals surface area contributed by atoms with Gasteiger partial charge in [-0.3, -0.25) is 14.6 Å². The molecule has 6 nitrogen and oxygen atoms in total. The van der Waals surface area contributed by atoms with E-state index >= 15 is 0 Å². The molecule has 0 saturated carbocycles. The van der Waals surface area contributed by atoms with Crippen LogP contribution in [-0.2, 0) is 33.8 Å². The minimum atomic E-state index is -0.666. The Morgan fingerprint density at radius 1 is 1.29 bits per heavy atom. The third-order valence-electron chi connectivity index (χ3n) is 7.20. The second-order valence-corrected chi connectivity index (χ2v) is 9.20. The second-order valence-electron chi connectivity index (χ2n) is 9.20. The van der Waals surface area contributed by atoms with Crippen LogP contribution < -0.4 is 0 Å². The molecule has 1 spiro atoms. The summed E-state index contributed by atoms with van der Waals surface area (Å²) < 4.78 is 6.31. The predicted molar refractivity (Wildman–Crippen MR) is 114 cm³/mol. The van der Waals surface area contributed by atoms with Crippen LogP contribution in [0.4, 0.5) is 0 Å². The van der Waals surface area contributed by atoms with Gasteiger partial charge in [-0.15, -0.1) is 0 Å². The van der Waals surface area contributed by atoms with Gasteiger partial charge in [-0.05, 0) is 24.1 Å². The van der Waals surface area contributed by atoms with Gasteiger partial charge in [0, 0.05) is 37.9 Å². The third-order valence-corrected chi connectivity index (χ3v) is 7.20. The number of carbonyl (C=O) groups excluding carboxylic acids is 2. The van der Waals surface area contributed by atoms with Crippen LogP contribution in [-0.4, -0.2) is 51.4 Å². The van der Waals surface area contributed by atoms with E-state index in [4.69, 9.17) is 4.74 Å². The standard InChI is InChI=1S/C25H25N3O3/c1-16-4-2-5-17(12-16)13-28-15-25-9-7-20(31-25)21(22(25)24(28)30)23(29)27-11-8-19-18(14-27)6-3-10-26-19/h2-7,9-10,12,20-22H,8,11,13-15H2,1H3/t20-,21?,22?,25-/m1/s1. The zero-order chi connectivity index (χ0) is 21.2. The van der Waals surface area contributed by atoms with Gasteiger partial charge in [0.25, 0.3) is 0 Å². The maximum atomic E-state index is 13.6. The summed E-state index contributed by atoms with van der Waals surface area (Å²) in [4.78, 5) is 35.3. The smallest absolute Gasteiger partial charge is 0.230 e. The van der Waals surface area contributed by atoms with E-state index in [1.807, 2.05) is 46.2 Å². The molecular weight excluding hydrogens is 390 g/mol. The number of fused-ring (bicyclic) bond motifs is 2. The maximum absolute atomic E-state index is 13.6. The minimum absolute atomic E-state index is 0.0292. The molecule has 4 aliphatic rings. The SMILES string of the molecule is Cc1cccc(CN2C[C@@]34C=C[C@@H](O3)C(C(=O)N3CCc5ncccc5C3)C4C2=O)c1. The van der Waals surface area contributed by atoms with Crippen LogP contribution in [0, 0.1) is 18.8 Å². The maximum Gasteiger partial charge on any atom is 0.230 e. The van der Waals surface area contributed by atoms with Crippen molar-refractivity contribution in [2.24, 2.45) is 11.8 Å². The number of likely N-dealkylation sites (tertiary alicyclic amines) is 1. The van der Waals surface area contributed by atoms with Crippen molar-refractivity contribution in [1.82, 2.24) is 14.8 Å². The number of aryl methyl sites for hydroxylation is 1. The van der Waals surface area contributed by atoms with Crippen molar-refractivity contribution >= 4 is 11.8 Å². The summed E-state index contributed by atoms with van der Waals surface area (Å²) in [6, 6.07) is 12.2. The van der Waals surface area contributed by atoms with E-state index in [1.54, 1.807) is 6.20 Å². The van der Waals surface area contributed by atoms with E-state index in [0.29, 0.717) is 26.2 Å². The molecule has 6 rings (SSSR count). The summed E-state index contributed by atoms with van der Waals surface area (Å²) >= 11 is 0. The van der Waals surface area contributed by atoms with Crippen molar-refractivity contribution in [3.05, 3.63) is 77.1 Å². The van der Waals surface area contributed by atoms with E-state index in [9.17, 15) is 9.59 Å². The fourth-order valence-electron chi connectivity index (χ4n) is 5.79. The summed E-state index contributed by atoms with van der Waals surface area (Å²) in [5.41, 5.74) is 3.77. The van der Waals surface area contributed by atoms with Crippen molar-refractivity contribution in [2.45, 2.75) is 38.1 Å². The average molecular weight is 415 g/mol. The lowest BCUT2D eigenvalue weighted by atomic mass is 9.76. The van der Waals surface area contributed by atoms with Crippen LogP contribution >= 0.6 is 0 Å². The summed E-state index contributed by atoms with van der Waals surface area (Å²) in [5.74, 6) is -0.819. The Labute approximate surface area is 181 Å². The van der Waals surface area contributed by atoms with Crippen molar-refractivity contribution in [2.75, 3.05) is 13.1 Å². The number of rotatable bonds is 3. The molecule has 31 heavy (non-hydrogen) atoms. The van der Waals surface area contributed by atoms with Gasteiger partial charge in [0.1, 0.15) is 5.60 Å². The van der Waals surface area contributed by atoms with Crippen molar-refractivity contribution in [3.63, 3.8) is 0 Å². The fourth-order valence-corrected chi connectivity index (χ4v) is 5.79. The number of amides is 2. The van der Waals surface area contributed by atoms with Crippen LogP contribution in [0.5, 0.6) is 0 Å². The van der Waals surface area contributed by atoms with Gasteiger partial charge < -0.3 is 14.5 Å². The molecule has 1 aromatic heterocycles. The molecule has 5 heterocycles. The van der Waals surface area contributed by atoms with Crippen molar-refractivity contribution < 1.29 is 14.3 Å². The monoisotopic (exact) mass is 415 g/mol. The number of hydrogen-bond donors (Lipinski definition) is 0. The molecule has 2 bridgehead atoms. The molecular formula is C25H25N3O3. The Bertz CT molecular complexity index is 1110. The lowest BCUT2D eigenvalue weighted by Crippen LogP contribution is -2.47. The predicted octanol–water partition coefficient (Wildman–Crippen LogP) is 2.26. The van der Waals surface area contributed by atoms with Crippen LogP contribution in [0.2, 0.25) is 0 Å². The Balaban J connectivity index is 1.25. The molecule has 2 saturated heterocycles. The van der Waals surface area contributed by atoms with Gasteiger partial charge in [-0.1, -0.05) is 48.0 Å². The first-order chi connectivity index (χ1) is 15.0. The number of pyridine rings is 1.